The first kappa shape index (κ1) is 13.2. The van der Waals surface area contributed by atoms with Crippen molar-refractivity contribution >= 4 is 27.7 Å². The number of fused-ring (bicyclic) bond motifs is 3. The smallest absolute Gasteiger partial charge is 0.0606 e. The van der Waals surface area contributed by atoms with E-state index >= 15 is 0 Å². The molecule has 1 unspecified atom stereocenters. The van der Waals surface area contributed by atoms with Gasteiger partial charge in [0.25, 0.3) is 0 Å². The molecule has 0 radical (unpaired) electrons. The zero-order chi connectivity index (χ0) is 14.2. The van der Waals surface area contributed by atoms with Gasteiger partial charge in [0, 0.05) is 9.37 Å². The first-order chi connectivity index (χ1) is 10.3. The molecule has 0 heterocycles. The van der Waals surface area contributed by atoms with Crippen molar-refractivity contribution in [3.63, 3.8) is 0 Å². The Kier molecular flexibility index (Phi) is 3.36. The van der Waals surface area contributed by atoms with Crippen LogP contribution in [0, 0.1) is 0 Å². The minimum atomic E-state index is 0.371. The highest BCUT2D eigenvalue weighted by Crippen LogP contribution is 2.52. The summed E-state index contributed by atoms with van der Waals surface area (Å²) in [5.74, 6) is 0. The minimum absolute atomic E-state index is 0.371. The summed E-state index contributed by atoms with van der Waals surface area (Å²) in [6.07, 6.45) is 0. The Morgan fingerprint density at radius 3 is 2.29 bits per heavy atom. The van der Waals surface area contributed by atoms with Gasteiger partial charge in [-0.05, 0) is 46.5 Å². The number of hydrogen-bond donors (Lipinski definition) is 0. The van der Waals surface area contributed by atoms with Gasteiger partial charge in [0.15, 0.2) is 0 Å². The van der Waals surface area contributed by atoms with Crippen LogP contribution in [0.3, 0.4) is 0 Å². The molecule has 0 spiro atoms. The van der Waals surface area contributed by atoms with Crippen LogP contribution in [0.5, 0.6) is 0 Å². The molecule has 1 aliphatic carbocycles. The van der Waals surface area contributed by atoms with Gasteiger partial charge in [-0.2, -0.15) is 0 Å². The number of halogens is 1. The Morgan fingerprint density at radius 2 is 1.43 bits per heavy atom. The molecule has 3 aromatic rings. The Bertz CT molecular complexity index is 796. The van der Waals surface area contributed by atoms with Crippen molar-refractivity contribution in [3.8, 4) is 11.1 Å². The maximum absolute atomic E-state index is 3.61. The third-order valence-electron chi connectivity index (χ3n) is 3.83. The standard InChI is InChI=1S/C19H13BrS/c20-13-10-11-16-15-8-4-5-9-17(15)19(18(16)12-13)21-14-6-2-1-3-7-14/h1-12,19H. The molecular formula is C19H13BrS. The van der Waals surface area contributed by atoms with Crippen molar-refractivity contribution in [3.05, 3.63) is 88.4 Å². The molecule has 0 saturated heterocycles. The molecule has 0 amide bonds. The summed E-state index contributed by atoms with van der Waals surface area (Å²) in [6.45, 7) is 0. The van der Waals surface area contributed by atoms with Crippen LogP contribution in [0.2, 0.25) is 0 Å². The average molecular weight is 353 g/mol. The molecule has 0 fully saturated rings. The zero-order valence-electron chi connectivity index (χ0n) is 11.3. The molecule has 0 aliphatic heterocycles. The van der Waals surface area contributed by atoms with E-state index in [0.29, 0.717) is 5.25 Å². The Balaban J connectivity index is 1.85. The fourth-order valence-corrected chi connectivity index (χ4v) is 4.52. The van der Waals surface area contributed by atoms with Crippen LogP contribution in [0.15, 0.2) is 82.2 Å². The number of hydrogen-bond acceptors (Lipinski definition) is 1. The minimum Gasteiger partial charge on any atom is -0.113 e. The van der Waals surface area contributed by atoms with E-state index in [0.717, 1.165) is 4.47 Å². The molecule has 0 aromatic heterocycles. The van der Waals surface area contributed by atoms with Crippen LogP contribution in [-0.2, 0) is 0 Å². The third kappa shape index (κ3) is 2.33. The van der Waals surface area contributed by atoms with Gasteiger partial charge in [0.1, 0.15) is 0 Å². The van der Waals surface area contributed by atoms with E-state index in [9.17, 15) is 0 Å². The SMILES string of the molecule is Brc1ccc2c(c1)C(Sc1ccccc1)c1ccccc1-2. The molecular weight excluding hydrogens is 340 g/mol. The normalized spacial score (nSPS) is 15.6. The highest BCUT2D eigenvalue weighted by atomic mass is 79.9. The largest absolute Gasteiger partial charge is 0.113 e. The summed E-state index contributed by atoms with van der Waals surface area (Å²) in [5, 5.41) is 0.371. The van der Waals surface area contributed by atoms with Gasteiger partial charge < -0.3 is 0 Å². The first-order valence-electron chi connectivity index (χ1n) is 6.93. The molecule has 102 valence electrons. The molecule has 2 heteroatoms. The van der Waals surface area contributed by atoms with E-state index in [1.807, 2.05) is 11.8 Å². The lowest BCUT2D eigenvalue weighted by atomic mass is 10.1. The van der Waals surface area contributed by atoms with Crippen LogP contribution in [0.25, 0.3) is 11.1 Å². The summed E-state index contributed by atoms with van der Waals surface area (Å²) >= 11 is 5.54. The summed E-state index contributed by atoms with van der Waals surface area (Å²) in [5.41, 5.74) is 5.55. The lowest BCUT2D eigenvalue weighted by Gasteiger charge is -2.13. The molecule has 0 nitrogen and oxygen atoms in total. The monoisotopic (exact) mass is 352 g/mol. The number of thioether (sulfide) groups is 1. The second-order valence-electron chi connectivity index (χ2n) is 5.13. The van der Waals surface area contributed by atoms with Crippen LogP contribution in [-0.4, -0.2) is 0 Å². The van der Waals surface area contributed by atoms with Crippen molar-refractivity contribution in [1.82, 2.24) is 0 Å². The number of rotatable bonds is 2. The fraction of sp³-hybridized carbons (Fsp3) is 0.0526. The average Bonchev–Trinajstić information content (AvgIpc) is 2.82. The van der Waals surface area contributed by atoms with Crippen molar-refractivity contribution in [2.75, 3.05) is 0 Å². The molecule has 0 saturated carbocycles. The van der Waals surface area contributed by atoms with E-state index in [2.05, 4.69) is 88.7 Å². The topological polar surface area (TPSA) is 0 Å². The van der Waals surface area contributed by atoms with Crippen LogP contribution in [0.1, 0.15) is 16.4 Å². The summed E-state index contributed by atoms with van der Waals surface area (Å²) < 4.78 is 1.15. The summed E-state index contributed by atoms with van der Waals surface area (Å²) in [7, 11) is 0. The predicted octanol–water partition coefficient (Wildman–Crippen LogP) is 6.31. The third-order valence-corrected chi connectivity index (χ3v) is 5.61. The van der Waals surface area contributed by atoms with E-state index in [1.165, 1.54) is 27.1 Å². The van der Waals surface area contributed by atoms with Gasteiger partial charge >= 0.3 is 0 Å². The quantitative estimate of drug-likeness (QED) is 0.520. The maximum atomic E-state index is 3.61. The molecule has 0 bridgehead atoms. The van der Waals surface area contributed by atoms with Crippen LogP contribution in [0.4, 0.5) is 0 Å². The summed E-state index contributed by atoms with van der Waals surface area (Å²) in [6, 6.07) is 26.0. The van der Waals surface area contributed by atoms with Gasteiger partial charge in [0.2, 0.25) is 0 Å². The van der Waals surface area contributed by atoms with Crippen molar-refractivity contribution < 1.29 is 0 Å². The maximum Gasteiger partial charge on any atom is 0.0606 e. The van der Waals surface area contributed by atoms with E-state index < -0.39 is 0 Å². The van der Waals surface area contributed by atoms with Gasteiger partial charge in [-0.25, -0.2) is 0 Å². The van der Waals surface area contributed by atoms with E-state index in [4.69, 9.17) is 0 Å². The number of benzene rings is 3. The van der Waals surface area contributed by atoms with Gasteiger partial charge in [-0.1, -0.05) is 64.5 Å². The molecule has 21 heavy (non-hydrogen) atoms. The first-order valence-corrected chi connectivity index (χ1v) is 8.60. The van der Waals surface area contributed by atoms with Gasteiger partial charge in [0.05, 0.1) is 5.25 Å². The molecule has 3 aromatic carbocycles. The van der Waals surface area contributed by atoms with E-state index in [-0.39, 0.29) is 0 Å². The second-order valence-corrected chi connectivity index (χ2v) is 7.22. The molecule has 4 rings (SSSR count). The lowest BCUT2D eigenvalue weighted by Crippen LogP contribution is -1.91. The Hall–Kier alpha value is -1.51. The Morgan fingerprint density at radius 1 is 0.714 bits per heavy atom. The lowest BCUT2D eigenvalue weighted by molar-refractivity contribution is 1.21. The van der Waals surface area contributed by atoms with Crippen molar-refractivity contribution in [2.24, 2.45) is 0 Å². The zero-order valence-corrected chi connectivity index (χ0v) is 13.7. The summed E-state index contributed by atoms with van der Waals surface area (Å²) in [4.78, 5) is 1.31. The van der Waals surface area contributed by atoms with Crippen LogP contribution >= 0.6 is 27.7 Å². The molecule has 0 N–H and O–H groups in total. The Labute approximate surface area is 137 Å². The highest BCUT2D eigenvalue weighted by molar-refractivity contribution is 9.10. The van der Waals surface area contributed by atoms with Gasteiger partial charge in [-0.15, -0.1) is 11.8 Å². The molecule has 1 aliphatic rings. The van der Waals surface area contributed by atoms with Crippen LogP contribution < -0.4 is 0 Å². The van der Waals surface area contributed by atoms with Crippen molar-refractivity contribution in [1.29, 1.82) is 0 Å². The fourth-order valence-electron chi connectivity index (χ4n) is 2.90. The van der Waals surface area contributed by atoms with Crippen molar-refractivity contribution in [2.45, 2.75) is 10.1 Å². The molecule has 1 atom stereocenters. The van der Waals surface area contributed by atoms with E-state index in [1.54, 1.807) is 0 Å². The predicted molar refractivity (Wildman–Crippen MR) is 93.7 cm³/mol. The highest BCUT2D eigenvalue weighted by Gasteiger charge is 2.29. The second kappa shape index (κ2) is 5.36. The van der Waals surface area contributed by atoms with Gasteiger partial charge in [-0.3, -0.25) is 0 Å².